The molecule has 2 aromatic rings. The number of halogens is 2. The lowest BCUT2D eigenvalue weighted by atomic mass is 9.82. The number of anilines is 2. The maximum Gasteiger partial charge on any atom is 0.264 e. The number of fused-ring (bicyclic) bond motifs is 2. The lowest BCUT2D eigenvalue weighted by Crippen LogP contribution is -2.60. The number of nitrogens with zero attached hydrogens (tertiary/aromatic N) is 1. The summed E-state index contributed by atoms with van der Waals surface area (Å²) in [7, 11) is -3.33. The fraction of sp³-hybridized carbons (Fsp3) is 0.517. The van der Waals surface area contributed by atoms with Crippen molar-refractivity contribution in [3.8, 4) is 0 Å². The second-order valence-electron chi connectivity index (χ2n) is 11.9. The van der Waals surface area contributed by atoms with Gasteiger partial charge in [0.25, 0.3) is 11.8 Å². The third-order valence-corrected chi connectivity index (χ3v) is 11.7. The Bertz CT molecular complexity index is 1400. The molecule has 2 amide bonds. The van der Waals surface area contributed by atoms with Gasteiger partial charge in [-0.25, -0.2) is 0 Å². The highest BCUT2D eigenvalue weighted by atomic mass is 79.9. The molecule has 3 aliphatic heterocycles. The molecule has 3 aliphatic rings. The zero-order chi connectivity index (χ0) is 31.4. The van der Waals surface area contributed by atoms with Crippen molar-refractivity contribution >= 4 is 47.5 Å². The number of carbonyl (C=O) groups is 2. The van der Waals surface area contributed by atoms with Crippen molar-refractivity contribution in [3.05, 3.63) is 58.1 Å². The fourth-order valence-electron chi connectivity index (χ4n) is 6.79. The van der Waals surface area contributed by atoms with E-state index >= 15 is 4.11 Å². The van der Waals surface area contributed by atoms with E-state index in [1.54, 1.807) is 54.4 Å². The SMILES string of the molecule is C[C@H]1[C@H]([Si](C)(C)F)[C@@H](CCO)O[C@]12C(=O)N(Cc1cccc(NC(=O)[C@H]3O[C@@H](O)[C@H](O)[C@@H](O)[C@@H]3O)c1)c1ccc(Br)cc12. The number of hydrogen-bond donors (Lipinski definition) is 6. The van der Waals surface area contributed by atoms with Crippen LogP contribution in [0.25, 0.3) is 0 Å². The summed E-state index contributed by atoms with van der Waals surface area (Å²) in [6, 6.07) is 12.1. The third-order valence-electron chi connectivity index (χ3n) is 8.72. The zero-order valence-corrected chi connectivity index (χ0v) is 26.4. The van der Waals surface area contributed by atoms with Crippen molar-refractivity contribution in [2.24, 2.45) is 5.92 Å². The Labute approximate surface area is 257 Å². The standard InChI is InChI=1S/C29H36BrFN2O9Si/c1-14-25(43(2,3)31)20(9-10-34)42-29(14)18-12-16(30)7-8-19(18)33(28(29)40)13-15-5-4-6-17(11-15)32-26(38)24-22(36)21(35)23(37)27(39)41-24/h4-8,11-12,14,20-25,27,34-37,39H,9-10,13H2,1-3H3,(H,32,38)/t14-,20+,21-,22-,23+,24-,25-,27+,29+/m0/s1. The first-order valence-corrected chi connectivity index (χ1v) is 17.8. The molecule has 14 heteroatoms. The first-order chi connectivity index (χ1) is 20.2. The molecular weight excluding hydrogens is 647 g/mol. The fourth-order valence-corrected chi connectivity index (χ4v) is 9.70. The molecule has 0 bridgehead atoms. The molecule has 5 rings (SSSR count). The number of benzene rings is 2. The molecule has 0 saturated carbocycles. The molecule has 2 saturated heterocycles. The first kappa shape index (κ1) is 32.1. The Morgan fingerprint density at radius 1 is 1.12 bits per heavy atom. The van der Waals surface area contributed by atoms with E-state index in [4.69, 9.17) is 9.47 Å². The van der Waals surface area contributed by atoms with Crippen LogP contribution in [-0.4, -0.2) is 89.2 Å². The minimum Gasteiger partial charge on any atom is -0.396 e. The predicted octanol–water partition coefficient (Wildman–Crippen LogP) is 1.89. The highest BCUT2D eigenvalue weighted by molar-refractivity contribution is 9.10. The largest absolute Gasteiger partial charge is 0.396 e. The average Bonchev–Trinajstić information content (AvgIpc) is 3.36. The van der Waals surface area contributed by atoms with E-state index in [1.807, 2.05) is 13.0 Å². The third kappa shape index (κ3) is 5.57. The molecule has 234 valence electrons. The average molecular weight is 684 g/mol. The van der Waals surface area contributed by atoms with Crippen LogP contribution < -0.4 is 10.2 Å². The molecule has 0 aliphatic carbocycles. The molecular formula is C29H36BrFN2O9Si. The van der Waals surface area contributed by atoms with Crippen LogP contribution >= 0.6 is 15.9 Å². The topological polar surface area (TPSA) is 169 Å². The number of amides is 2. The highest BCUT2D eigenvalue weighted by Crippen LogP contribution is 2.60. The lowest BCUT2D eigenvalue weighted by Gasteiger charge is -2.37. The van der Waals surface area contributed by atoms with E-state index < -0.39 is 68.2 Å². The Balaban J connectivity index is 1.42. The van der Waals surface area contributed by atoms with Crippen LogP contribution in [0, 0.1) is 5.92 Å². The van der Waals surface area contributed by atoms with E-state index in [2.05, 4.69) is 21.2 Å². The van der Waals surface area contributed by atoms with Crippen molar-refractivity contribution < 1.29 is 48.7 Å². The van der Waals surface area contributed by atoms with Gasteiger partial charge in [0, 0.05) is 33.8 Å². The summed E-state index contributed by atoms with van der Waals surface area (Å²) < 4.78 is 27.9. The molecule has 6 N–H and O–H groups in total. The normalized spacial score (nSPS) is 34.1. The summed E-state index contributed by atoms with van der Waals surface area (Å²) in [6.45, 7) is 4.93. The summed E-state index contributed by atoms with van der Waals surface area (Å²) in [4.78, 5) is 28.8. The van der Waals surface area contributed by atoms with Crippen molar-refractivity contribution in [1.82, 2.24) is 0 Å². The monoisotopic (exact) mass is 682 g/mol. The minimum absolute atomic E-state index is 0.0902. The van der Waals surface area contributed by atoms with E-state index in [-0.39, 0.29) is 25.5 Å². The molecule has 9 atom stereocenters. The van der Waals surface area contributed by atoms with Gasteiger partial charge in [0.1, 0.15) is 18.3 Å². The van der Waals surface area contributed by atoms with Crippen molar-refractivity contribution in [1.29, 1.82) is 0 Å². The number of aliphatic hydroxyl groups excluding tert-OH is 5. The molecule has 2 fully saturated rings. The lowest BCUT2D eigenvalue weighted by molar-refractivity contribution is -0.274. The van der Waals surface area contributed by atoms with E-state index in [0.717, 1.165) is 4.47 Å². The molecule has 1 spiro atoms. The maximum atomic E-state index is 15.7. The van der Waals surface area contributed by atoms with Crippen LogP contribution in [-0.2, 0) is 31.2 Å². The minimum atomic E-state index is -3.33. The second-order valence-corrected chi connectivity index (χ2v) is 16.7. The van der Waals surface area contributed by atoms with Crippen LogP contribution in [0.2, 0.25) is 18.6 Å². The number of nitrogens with one attached hydrogen (secondary N) is 1. The predicted molar refractivity (Wildman–Crippen MR) is 159 cm³/mol. The molecule has 11 nitrogen and oxygen atoms in total. The van der Waals surface area contributed by atoms with Gasteiger partial charge < -0.3 is 49.3 Å². The number of hydrogen-bond acceptors (Lipinski definition) is 9. The van der Waals surface area contributed by atoms with Gasteiger partial charge in [-0.15, -0.1) is 0 Å². The van der Waals surface area contributed by atoms with Gasteiger partial charge in [-0.1, -0.05) is 35.0 Å². The van der Waals surface area contributed by atoms with E-state index in [1.165, 1.54) is 0 Å². The summed E-state index contributed by atoms with van der Waals surface area (Å²) in [5.74, 6) is -1.70. The molecule has 3 heterocycles. The van der Waals surface area contributed by atoms with Crippen molar-refractivity contribution in [3.63, 3.8) is 0 Å². The van der Waals surface area contributed by atoms with E-state index in [0.29, 0.717) is 22.5 Å². The van der Waals surface area contributed by atoms with Crippen molar-refractivity contribution in [2.75, 3.05) is 16.8 Å². The van der Waals surface area contributed by atoms with E-state index in [9.17, 15) is 35.1 Å². The van der Waals surface area contributed by atoms with Crippen LogP contribution in [0.15, 0.2) is 46.9 Å². The van der Waals surface area contributed by atoms with Crippen LogP contribution in [0.3, 0.4) is 0 Å². The summed E-state index contributed by atoms with van der Waals surface area (Å²) in [6.07, 6.45) is -9.27. The van der Waals surface area contributed by atoms with Crippen LogP contribution in [0.1, 0.15) is 24.5 Å². The quantitative estimate of drug-likeness (QED) is 0.189. The van der Waals surface area contributed by atoms with Gasteiger partial charge in [0.05, 0.1) is 18.3 Å². The number of carbonyl (C=O) groups excluding carboxylic acids is 2. The Morgan fingerprint density at radius 2 is 1.84 bits per heavy atom. The zero-order valence-electron chi connectivity index (χ0n) is 23.9. The van der Waals surface area contributed by atoms with Gasteiger partial charge in [-0.05, 0) is 55.4 Å². The molecule has 2 aromatic carbocycles. The van der Waals surface area contributed by atoms with Gasteiger partial charge in [-0.3, -0.25) is 9.59 Å². The maximum absolute atomic E-state index is 15.7. The highest BCUT2D eigenvalue weighted by Gasteiger charge is 2.66. The Kier molecular flexibility index (Phi) is 8.90. The summed E-state index contributed by atoms with van der Waals surface area (Å²) in [5.41, 5.74) is 0.194. The molecule has 43 heavy (non-hydrogen) atoms. The number of ether oxygens (including phenoxy) is 2. The molecule has 0 aromatic heterocycles. The van der Waals surface area contributed by atoms with Gasteiger partial charge in [0.15, 0.2) is 18.0 Å². The van der Waals surface area contributed by atoms with Crippen molar-refractivity contribution in [2.45, 2.75) is 80.9 Å². The second kappa shape index (κ2) is 11.9. The summed E-state index contributed by atoms with van der Waals surface area (Å²) in [5, 5.41) is 51.9. The molecule has 0 radical (unpaired) electrons. The molecule has 0 unspecified atom stereocenters. The van der Waals surface area contributed by atoms with Gasteiger partial charge in [-0.2, -0.15) is 0 Å². The smallest absolute Gasteiger partial charge is 0.264 e. The van der Waals surface area contributed by atoms with Gasteiger partial charge >= 0.3 is 0 Å². The van der Waals surface area contributed by atoms with Crippen LogP contribution in [0.4, 0.5) is 15.5 Å². The van der Waals surface area contributed by atoms with Gasteiger partial charge in [0.2, 0.25) is 8.41 Å². The Morgan fingerprint density at radius 3 is 2.51 bits per heavy atom. The van der Waals surface area contributed by atoms with Crippen LogP contribution in [0.5, 0.6) is 0 Å². The number of rotatable bonds is 7. The summed E-state index contributed by atoms with van der Waals surface area (Å²) >= 11 is 3.50. The number of aliphatic hydroxyl groups is 5. The Hall–Kier alpha value is -2.27. The first-order valence-electron chi connectivity index (χ1n) is 14.1.